The number of halogens is 1. The van der Waals surface area contributed by atoms with E-state index in [9.17, 15) is 4.39 Å². The minimum Gasteiger partial charge on any atom is -0.309 e. The number of hydrogen-bond acceptors (Lipinski definition) is 2. The normalized spacial score (nSPS) is 22.4. The Balaban J connectivity index is 2.10. The summed E-state index contributed by atoms with van der Waals surface area (Å²) in [6, 6.07) is 7.84. The molecule has 0 radical (unpaired) electrons. The van der Waals surface area contributed by atoms with Crippen molar-refractivity contribution in [2.45, 2.75) is 51.6 Å². The molecule has 0 bridgehead atoms. The zero-order valence-electron chi connectivity index (χ0n) is 12.7. The van der Waals surface area contributed by atoms with Crippen molar-refractivity contribution in [3.05, 3.63) is 35.6 Å². The summed E-state index contributed by atoms with van der Waals surface area (Å²) in [7, 11) is 0. The van der Waals surface area contributed by atoms with Gasteiger partial charge in [0.05, 0.1) is 0 Å². The largest absolute Gasteiger partial charge is 0.309 e. The average Bonchev–Trinajstić information content (AvgIpc) is 2.64. The van der Waals surface area contributed by atoms with Gasteiger partial charge >= 0.3 is 0 Å². The Hall–Kier alpha value is -0.930. The molecular formula is C17H27FN2. The lowest BCUT2D eigenvalue weighted by atomic mass is 10.0. The fraction of sp³-hybridized carbons (Fsp3) is 0.647. The minimum absolute atomic E-state index is 0.0850. The molecule has 2 atom stereocenters. The summed E-state index contributed by atoms with van der Waals surface area (Å²) in [5.41, 5.74) is 0.797. The Labute approximate surface area is 122 Å². The molecule has 0 aliphatic carbocycles. The highest BCUT2D eigenvalue weighted by Gasteiger charge is 2.22. The molecule has 3 heteroatoms. The van der Waals surface area contributed by atoms with Crippen molar-refractivity contribution in [2.24, 2.45) is 0 Å². The Morgan fingerprint density at radius 1 is 1.30 bits per heavy atom. The van der Waals surface area contributed by atoms with Gasteiger partial charge in [0, 0.05) is 24.2 Å². The van der Waals surface area contributed by atoms with Crippen molar-refractivity contribution in [1.82, 2.24) is 10.2 Å². The van der Waals surface area contributed by atoms with E-state index in [0.29, 0.717) is 6.04 Å². The lowest BCUT2D eigenvalue weighted by Crippen LogP contribution is -2.40. The maximum absolute atomic E-state index is 14.0. The summed E-state index contributed by atoms with van der Waals surface area (Å²) in [6.07, 6.45) is 5.17. The molecule has 2 nitrogen and oxygen atoms in total. The van der Waals surface area contributed by atoms with Gasteiger partial charge in [-0.1, -0.05) is 38.0 Å². The van der Waals surface area contributed by atoms with Crippen LogP contribution in [0.2, 0.25) is 0 Å². The lowest BCUT2D eigenvalue weighted by Gasteiger charge is -2.31. The predicted octanol–water partition coefficient (Wildman–Crippen LogP) is 3.74. The Morgan fingerprint density at radius 3 is 2.85 bits per heavy atom. The van der Waals surface area contributed by atoms with Crippen LogP contribution in [0.1, 0.15) is 51.1 Å². The second kappa shape index (κ2) is 7.75. The third kappa shape index (κ3) is 4.03. The van der Waals surface area contributed by atoms with Crippen LogP contribution < -0.4 is 5.32 Å². The van der Waals surface area contributed by atoms with Gasteiger partial charge < -0.3 is 5.32 Å². The van der Waals surface area contributed by atoms with Crippen molar-refractivity contribution >= 4 is 0 Å². The third-order valence-electron chi connectivity index (χ3n) is 4.34. The second-order valence-electron chi connectivity index (χ2n) is 5.83. The standard InChI is InChI=1S/C17H27FN2/c1-3-19-17(15-10-6-7-11-16(15)18)13-20-12-8-4-5-9-14(20)2/h6-7,10-11,14,17,19H,3-5,8-9,12-13H2,1-2H3. The van der Waals surface area contributed by atoms with Crippen LogP contribution in [0.5, 0.6) is 0 Å². The summed E-state index contributed by atoms with van der Waals surface area (Å²) in [5, 5.41) is 3.45. The zero-order chi connectivity index (χ0) is 14.4. The van der Waals surface area contributed by atoms with E-state index in [0.717, 1.165) is 25.2 Å². The highest BCUT2D eigenvalue weighted by molar-refractivity contribution is 5.21. The second-order valence-corrected chi connectivity index (χ2v) is 5.83. The summed E-state index contributed by atoms with van der Waals surface area (Å²) < 4.78 is 14.0. The van der Waals surface area contributed by atoms with Crippen LogP contribution in [0.3, 0.4) is 0 Å². The zero-order valence-corrected chi connectivity index (χ0v) is 12.7. The summed E-state index contributed by atoms with van der Waals surface area (Å²) in [4.78, 5) is 2.52. The highest BCUT2D eigenvalue weighted by atomic mass is 19.1. The van der Waals surface area contributed by atoms with Crippen LogP contribution in [-0.2, 0) is 0 Å². The van der Waals surface area contributed by atoms with Crippen molar-refractivity contribution in [2.75, 3.05) is 19.6 Å². The molecular weight excluding hydrogens is 251 g/mol. The molecule has 1 aliphatic heterocycles. The molecule has 1 N–H and O–H groups in total. The van der Waals surface area contributed by atoms with Gasteiger partial charge in [0.2, 0.25) is 0 Å². The van der Waals surface area contributed by atoms with Crippen LogP contribution in [-0.4, -0.2) is 30.6 Å². The Morgan fingerprint density at radius 2 is 2.10 bits per heavy atom. The van der Waals surface area contributed by atoms with E-state index in [-0.39, 0.29) is 11.9 Å². The van der Waals surface area contributed by atoms with Crippen LogP contribution in [0.25, 0.3) is 0 Å². The van der Waals surface area contributed by atoms with Gasteiger partial charge in [-0.25, -0.2) is 4.39 Å². The molecule has 2 rings (SSSR count). The maximum atomic E-state index is 14.0. The molecule has 0 amide bonds. The van der Waals surface area contributed by atoms with Gasteiger partial charge in [-0.15, -0.1) is 0 Å². The first kappa shape index (κ1) is 15.5. The van der Waals surface area contributed by atoms with Gasteiger partial charge in [0.15, 0.2) is 0 Å². The van der Waals surface area contributed by atoms with Crippen LogP contribution in [0.4, 0.5) is 4.39 Å². The molecule has 20 heavy (non-hydrogen) atoms. The monoisotopic (exact) mass is 278 g/mol. The van der Waals surface area contributed by atoms with E-state index in [1.807, 2.05) is 12.1 Å². The average molecular weight is 278 g/mol. The van der Waals surface area contributed by atoms with Crippen LogP contribution in [0.15, 0.2) is 24.3 Å². The molecule has 1 aliphatic rings. The van der Waals surface area contributed by atoms with Crippen molar-refractivity contribution in [1.29, 1.82) is 0 Å². The van der Waals surface area contributed by atoms with E-state index in [1.165, 1.54) is 25.7 Å². The highest BCUT2D eigenvalue weighted by Crippen LogP contribution is 2.22. The maximum Gasteiger partial charge on any atom is 0.128 e. The molecule has 1 heterocycles. The van der Waals surface area contributed by atoms with Crippen molar-refractivity contribution in [3.8, 4) is 0 Å². The third-order valence-corrected chi connectivity index (χ3v) is 4.34. The quantitative estimate of drug-likeness (QED) is 0.882. The van der Waals surface area contributed by atoms with Gasteiger partial charge in [-0.2, -0.15) is 0 Å². The first-order valence-corrected chi connectivity index (χ1v) is 7.94. The number of nitrogens with zero attached hydrogens (tertiary/aromatic N) is 1. The predicted molar refractivity (Wildman–Crippen MR) is 82.3 cm³/mol. The topological polar surface area (TPSA) is 15.3 Å². The van der Waals surface area contributed by atoms with Gasteiger partial charge in [0.1, 0.15) is 5.82 Å². The van der Waals surface area contributed by atoms with Crippen LogP contribution >= 0.6 is 0 Å². The molecule has 0 spiro atoms. The summed E-state index contributed by atoms with van der Waals surface area (Å²) in [5.74, 6) is -0.0964. The van der Waals surface area contributed by atoms with Gasteiger partial charge in [-0.05, 0) is 38.9 Å². The molecule has 1 aromatic rings. The van der Waals surface area contributed by atoms with E-state index in [1.54, 1.807) is 12.1 Å². The lowest BCUT2D eigenvalue weighted by molar-refractivity contribution is 0.190. The fourth-order valence-electron chi connectivity index (χ4n) is 3.12. The molecule has 1 fully saturated rings. The molecule has 1 saturated heterocycles. The van der Waals surface area contributed by atoms with Crippen molar-refractivity contribution < 1.29 is 4.39 Å². The summed E-state index contributed by atoms with van der Waals surface area (Å²) in [6.45, 7) is 7.28. The molecule has 1 aromatic carbocycles. The van der Waals surface area contributed by atoms with Gasteiger partial charge in [-0.3, -0.25) is 4.90 Å². The molecule has 0 saturated carbocycles. The number of benzene rings is 1. The number of likely N-dealkylation sites (N-methyl/N-ethyl adjacent to an activating group) is 1. The minimum atomic E-state index is -0.0964. The Kier molecular flexibility index (Phi) is 5.99. The number of hydrogen-bond donors (Lipinski definition) is 1. The number of nitrogens with one attached hydrogen (secondary N) is 1. The first-order valence-electron chi connectivity index (χ1n) is 7.94. The SMILES string of the molecule is CCNC(CN1CCCCCC1C)c1ccccc1F. The van der Waals surface area contributed by atoms with Crippen molar-refractivity contribution in [3.63, 3.8) is 0 Å². The van der Waals surface area contributed by atoms with E-state index in [4.69, 9.17) is 0 Å². The number of rotatable bonds is 5. The van der Waals surface area contributed by atoms with Crippen LogP contribution in [0, 0.1) is 5.82 Å². The van der Waals surface area contributed by atoms with Gasteiger partial charge in [0.25, 0.3) is 0 Å². The molecule has 112 valence electrons. The Bertz CT molecular complexity index is 408. The number of likely N-dealkylation sites (tertiary alicyclic amines) is 1. The smallest absolute Gasteiger partial charge is 0.128 e. The van der Waals surface area contributed by atoms with E-state index >= 15 is 0 Å². The molecule has 2 unspecified atom stereocenters. The van der Waals surface area contributed by atoms with E-state index in [2.05, 4.69) is 24.1 Å². The van der Waals surface area contributed by atoms with E-state index < -0.39 is 0 Å². The first-order chi connectivity index (χ1) is 9.72. The summed E-state index contributed by atoms with van der Waals surface area (Å²) >= 11 is 0. The molecule has 0 aromatic heterocycles. The fourth-order valence-corrected chi connectivity index (χ4v) is 3.12.